The first-order valence-electron chi connectivity index (χ1n) is 9.11. The van der Waals surface area contributed by atoms with E-state index in [9.17, 15) is 9.59 Å². The molecule has 144 valence electrons. The van der Waals surface area contributed by atoms with Gasteiger partial charge in [-0.2, -0.15) is 4.98 Å². The largest absolute Gasteiger partial charge is 0.472 e. The van der Waals surface area contributed by atoms with Crippen molar-refractivity contribution in [2.75, 3.05) is 19.6 Å². The predicted octanol–water partition coefficient (Wildman–Crippen LogP) is 2.70. The number of amides is 2. The highest BCUT2D eigenvalue weighted by molar-refractivity contribution is 5.95. The van der Waals surface area contributed by atoms with Crippen LogP contribution in [-0.4, -0.2) is 51.4 Å². The molecule has 2 amide bonds. The first-order valence-corrected chi connectivity index (χ1v) is 9.11. The minimum Gasteiger partial charge on any atom is -0.472 e. The molecule has 3 aromatic rings. The number of aromatic nitrogens is 2. The number of rotatable bonds is 3. The Balaban J connectivity index is 1.62. The van der Waals surface area contributed by atoms with Crippen LogP contribution < -0.4 is 0 Å². The normalized spacial score (nSPS) is 17.4. The fourth-order valence-corrected chi connectivity index (χ4v) is 3.40. The van der Waals surface area contributed by atoms with Crippen molar-refractivity contribution in [1.29, 1.82) is 0 Å². The quantitative estimate of drug-likeness (QED) is 0.694. The molecule has 0 radical (unpaired) electrons. The highest BCUT2D eigenvalue weighted by Crippen LogP contribution is 2.28. The summed E-state index contributed by atoms with van der Waals surface area (Å²) in [6, 6.07) is 10.3. The molecule has 0 bridgehead atoms. The van der Waals surface area contributed by atoms with Gasteiger partial charge in [0.1, 0.15) is 12.3 Å². The lowest BCUT2D eigenvalue weighted by molar-refractivity contribution is 0.0642. The van der Waals surface area contributed by atoms with E-state index in [2.05, 4.69) is 10.1 Å². The van der Waals surface area contributed by atoms with Crippen LogP contribution in [0, 0.1) is 6.92 Å². The van der Waals surface area contributed by atoms with E-state index in [1.165, 1.54) is 12.5 Å². The van der Waals surface area contributed by atoms with E-state index < -0.39 is 6.04 Å². The van der Waals surface area contributed by atoms with Gasteiger partial charge < -0.3 is 18.7 Å². The second kappa shape index (κ2) is 7.67. The van der Waals surface area contributed by atoms with Crippen molar-refractivity contribution in [3.8, 4) is 0 Å². The number of aryl methyl sites for hydroxylation is 1. The van der Waals surface area contributed by atoms with E-state index in [4.69, 9.17) is 8.94 Å². The summed E-state index contributed by atoms with van der Waals surface area (Å²) in [5.74, 6) is 0.652. The van der Waals surface area contributed by atoms with Gasteiger partial charge in [0, 0.05) is 25.2 Å². The van der Waals surface area contributed by atoms with Gasteiger partial charge >= 0.3 is 0 Å². The smallest absolute Gasteiger partial charge is 0.257 e. The fraction of sp³-hybridized carbons (Fsp3) is 0.300. The molecule has 0 saturated carbocycles. The number of hydrogen-bond donors (Lipinski definition) is 0. The van der Waals surface area contributed by atoms with E-state index in [1.807, 2.05) is 18.2 Å². The van der Waals surface area contributed by atoms with Crippen LogP contribution >= 0.6 is 0 Å². The number of hydrogen-bond acceptors (Lipinski definition) is 6. The molecule has 0 N–H and O–H groups in total. The van der Waals surface area contributed by atoms with Crippen LogP contribution in [0.1, 0.15) is 44.9 Å². The van der Waals surface area contributed by atoms with Gasteiger partial charge in [-0.3, -0.25) is 9.59 Å². The topological polar surface area (TPSA) is 92.7 Å². The molecule has 1 aromatic carbocycles. The molecule has 4 rings (SSSR count). The Kier molecular flexibility index (Phi) is 4.92. The lowest BCUT2D eigenvalue weighted by atomic mass is 10.1. The van der Waals surface area contributed by atoms with Crippen molar-refractivity contribution in [3.63, 3.8) is 0 Å². The molecule has 1 atom stereocenters. The maximum absolute atomic E-state index is 13.2. The summed E-state index contributed by atoms with van der Waals surface area (Å²) in [5, 5.41) is 3.87. The van der Waals surface area contributed by atoms with Crippen molar-refractivity contribution in [1.82, 2.24) is 19.9 Å². The van der Waals surface area contributed by atoms with Crippen LogP contribution in [0.15, 0.2) is 57.9 Å². The number of nitrogens with zero attached hydrogens (tertiary/aromatic N) is 4. The Bertz CT molecular complexity index is 952. The Labute approximate surface area is 161 Å². The summed E-state index contributed by atoms with van der Waals surface area (Å²) in [6.07, 6.45) is 3.41. The molecule has 1 aliphatic heterocycles. The summed E-state index contributed by atoms with van der Waals surface area (Å²) in [5.41, 5.74) is 1.08. The number of carbonyl (C=O) groups is 2. The highest BCUT2D eigenvalue weighted by atomic mass is 16.5. The second-order valence-electron chi connectivity index (χ2n) is 6.65. The van der Waals surface area contributed by atoms with E-state index in [0.717, 1.165) is 0 Å². The van der Waals surface area contributed by atoms with Crippen molar-refractivity contribution in [2.24, 2.45) is 0 Å². The molecule has 1 saturated heterocycles. The maximum atomic E-state index is 13.2. The SMILES string of the molecule is Cc1noc(C2CCN(C(=O)c3ccoc3)CCN2C(=O)c2ccccc2)n1. The van der Waals surface area contributed by atoms with Gasteiger partial charge in [0.15, 0.2) is 5.82 Å². The molecular formula is C20H20N4O4. The van der Waals surface area contributed by atoms with Crippen LogP contribution in [0.3, 0.4) is 0 Å². The Morgan fingerprint density at radius 2 is 1.86 bits per heavy atom. The second-order valence-corrected chi connectivity index (χ2v) is 6.65. The van der Waals surface area contributed by atoms with Crippen LogP contribution in [-0.2, 0) is 0 Å². The van der Waals surface area contributed by atoms with Gasteiger partial charge in [-0.25, -0.2) is 0 Å². The van der Waals surface area contributed by atoms with Gasteiger partial charge in [0.2, 0.25) is 5.89 Å². The van der Waals surface area contributed by atoms with Gasteiger partial charge in [-0.1, -0.05) is 23.4 Å². The van der Waals surface area contributed by atoms with Gasteiger partial charge in [0.25, 0.3) is 11.8 Å². The van der Waals surface area contributed by atoms with E-state index in [0.29, 0.717) is 48.9 Å². The van der Waals surface area contributed by atoms with Crippen molar-refractivity contribution >= 4 is 11.8 Å². The molecule has 28 heavy (non-hydrogen) atoms. The zero-order valence-electron chi connectivity index (χ0n) is 15.4. The maximum Gasteiger partial charge on any atom is 0.257 e. The Hall–Kier alpha value is -3.42. The molecule has 3 heterocycles. The van der Waals surface area contributed by atoms with Gasteiger partial charge in [-0.05, 0) is 31.5 Å². The van der Waals surface area contributed by atoms with Crippen molar-refractivity contribution < 1.29 is 18.5 Å². The van der Waals surface area contributed by atoms with Crippen molar-refractivity contribution in [3.05, 3.63) is 71.8 Å². The first-order chi connectivity index (χ1) is 13.6. The van der Waals surface area contributed by atoms with Gasteiger partial charge in [-0.15, -0.1) is 0 Å². The molecular weight excluding hydrogens is 360 g/mol. The zero-order valence-corrected chi connectivity index (χ0v) is 15.4. The predicted molar refractivity (Wildman–Crippen MR) is 98.5 cm³/mol. The van der Waals surface area contributed by atoms with Gasteiger partial charge in [0.05, 0.1) is 11.8 Å². The lowest BCUT2D eigenvalue weighted by Gasteiger charge is -2.27. The van der Waals surface area contributed by atoms with Crippen LogP contribution in [0.25, 0.3) is 0 Å². The summed E-state index contributed by atoms with van der Waals surface area (Å²) in [6.45, 7) is 2.98. The third-order valence-electron chi connectivity index (χ3n) is 4.82. The molecule has 0 spiro atoms. The lowest BCUT2D eigenvalue weighted by Crippen LogP contribution is -2.38. The molecule has 1 fully saturated rings. The number of furan rings is 1. The summed E-state index contributed by atoms with van der Waals surface area (Å²) in [4.78, 5) is 33.7. The highest BCUT2D eigenvalue weighted by Gasteiger charge is 2.34. The minimum atomic E-state index is -0.393. The average Bonchev–Trinajstić information content (AvgIpc) is 3.35. The Morgan fingerprint density at radius 3 is 2.54 bits per heavy atom. The average molecular weight is 380 g/mol. The third-order valence-corrected chi connectivity index (χ3v) is 4.82. The fourth-order valence-electron chi connectivity index (χ4n) is 3.40. The monoisotopic (exact) mass is 380 g/mol. The number of carbonyl (C=O) groups excluding carboxylic acids is 2. The van der Waals surface area contributed by atoms with E-state index in [1.54, 1.807) is 34.9 Å². The Morgan fingerprint density at radius 1 is 1.04 bits per heavy atom. The summed E-state index contributed by atoms with van der Waals surface area (Å²) < 4.78 is 10.4. The van der Waals surface area contributed by atoms with Crippen LogP contribution in [0.5, 0.6) is 0 Å². The molecule has 2 aromatic heterocycles. The zero-order chi connectivity index (χ0) is 19.5. The third kappa shape index (κ3) is 3.53. The van der Waals surface area contributed by atoms with Crippen LogP contribution in [0.4, 0.5) is 0 Å². The molecule has 8 nitrogen and oxygen atoms in total. The number of benzene rings is 1. The summed E-state index contributed by atoms with van der Waals surface area (Å²) >= 11 is 0. The van der Waals surface area contributed by atoms with E-state index in [-0.39, 0.29) is 11.8 Å². The summed E-state index contributed by atoms with van der Waals surface area (Å²) in [7, 11) is 0. The van der Waals surface area contributed by atoms with Crippen LogP contribution in [0.2, 0.25) is 0 Å². The standard InChI is InChI=1S/C20H20N4O4/c1-14-21-18(28-22-14)17-7-9-23(19(25)16-8-12-27-13-16)10-11-24(17)20(26)15-5-3-2-4-6-15/h2-6,8,12-13,17H,7,9-11H2,1H3. The molecule has 0 aliphatic carbocycles. The molecule has 1 unspecified atom stereocenters. The minimum absolute atomic E-state index is 0.122. The molecule has 8 heteroatoms. The molecule has 1 aliphatic rings. The van der Waals surface area contributed by atoms with E-state index >= 15 is 0 Å². The van der Waals surface area contributed by atoms with Crippen molar-refractivity contribution in [2.45, 2.75) is 19.4 Å². The first kappa shape index (κ1) is 18.0.